The first kappa shape index (κ1) is 16.1. The van der Waals surface area contributed by atoms with Crippen LogP contribution in [0.1, 0.15) is 46.0 Å². The maximum Gasteiger partial charge on any atom is 0.323 e. The summed E-state index contributed by atoms with van der Waals surface area (Å²) in [4.78, 5) is 26.6. The molecule has 6 nitrogen and oxygen atoms in total. The van der Waals surface area contributed by atoms with E-state index in [4.69, 9.17) is 5.11 Å². The number of rotatable bonds is 3. The number of amides is 2. The van der Waals surface area contributed by atoms with Gasteiger partial charge in [0, 0.05) is 25.0 Å². The van der Waals surface area contributed by atoms with Crippen LogP contribution in [0.25, 0.3) is 0 Å². The van der Waals surface area contributed by atoms with E-state index in [-0.39, 0.29) is 24.5 Å². The molecule has 1 saturated heterocycles. The Hall–Kier alpha value is -1.30. The second kappa shape index (κ2) is 6.22. The Bertz CT molecular complexity index is 412. The number of aliphatic hydroxyl groups is 1. The van der Waals surface area contributed by atoms with Crippen LogP contribution in [-0.4, -0.2) is 63.3 Å². The van der Waals surface area contributed by atoms with E-state index in [0.717, 1.165) is 25.7 Å². The summed E-state index contributed by atoms with van der Waals surface area (Å²) in [6.07, 6.45) is 4.52. The Morgan fingerprint density at radius 2 is 2.05 bits per heavy atom. The molecule has 0 radical (unpaired) electrons. The minimum absolute atomic E-state index is 0.128. The highest BCUT2D eigenvalue weighted by atomic mass is 16.4. The smallest absolute Gasteiger partial charge is 0.323 e. The molecule has 1 saturated carbocycles. The van der Waals surface area contributed by atoms with Crippen LogP contribution in [0.3, 0.4) is 0 Å². The standard InChI is InChI=1S/C15H26N2O4/c1-11(2)17(10-13(18)19)14(20)16-8-7-15(21)6-4-3-5-12(15)9-16/h11-12,21H,3-10H2,1-2H3,(H,18,19). The number of hydrogen-bond donors (Lipinski definition) is 2. The summed E-state index contributed by atoms with van der Waals surface area (Å²) in [6, 6.07) is -0.374. The van der Waals surface area contributed by atoms with Crippen LogP contribution in [0.15, 0.2) is 0 Å². The van der Waals surface area contributed by atoms with Gasteiger partial charge in [0.1, 0.15) is 6.54 Å². The van der Waals surface area contributed by atoms with Gasteiger partial charge in [-0.15, -0.1) is 0 Å². The molecular weight excluding hydrogens is 272 g/mol. The van der Waals surface area contributed by atoms with E-state index in [1.54, 1.807) is 4.90 Å². The highest BCUT2D eigenvalue weighted by molar-refractivity contribution is 5.80. The Kier molecular flexibility index (Phi) is 4.76. The van der Waals surface area contributed by atoms with Crippen molar-refractivity contribution in [3.8, 4) is 0 Å². The molecule has 2 atom stereocenters. The lowest BCUT2D eigenvalue weighted by molar-refractivity contribution is -0.138. The number of fused-ring (bicyclic) bond motifs is 1. The minimum atomic E-state index is -0.997. The zero-order valence-corrected chi connectivity index (χ0v) is 12.9. The molecule has 0 aromatic rings. The van der Waals surface area contributed by atoms with Gasteiger partial charge in [0.25, 0.3) is 0 Å². The molecule has 1 heterocycles. The number of hydrogen-bond acceptors (Lipinski definition) is 3. The molecule has 6 heteroatoms. The number of nitrogens with zero attached hydrogens (tertiary/aromatic N) is 2. The molecule has 0 bridgehead atoms. The maximum absolute atomic E-state index is 12.6. The topological polar surface area (TPSA) is 81.1 Å². The SMILES string of the molecule is CC(C)N(CC(=O)O)C(=O)N1CCC2(O)CCCCC2C1. The molecule has 2 unspecified atom stereocenters. The lowest BCUT2D eigenvalue weighted by Crippen LogP contribution is -2.58. The normalized spacial score (nSPS) is 29.1. The van der Waals surface area contributed by atoms with Crippen molar-refractivity contribution >= 4 is 12.0 Å². The van der Waals surface area contributed by atoms with Crippen LogP contribution >= 0.6 is 0 Å². The van der Waals surface area contributed by atoms with Gasteiger partial charge in [-0.1, -0.05) is 12.8 Å². The van der Waals surface area contributed by atoms with Crippen molar-refractivity contribution in [1.29, 1.82) is 0 Å². The fourth-order valence-electron chi connectivity index (χ4n) is 3.54. The number of carbonyl (C=O) groups excluding carboxylic acids is 1. The van der Waals surface area contributed by atoms with Gasteiger partial charge >= 0.3 is 12.0 Å². The summed E-state index contributed by atoms with van der Waals surface area (Å²) in [5.41, 5.74) is -0.621. The lowest BCUT2D eigenvalue weighted by Gasteiger charge is -2.48. The van der Waals surface area contributed by atoms with Crippen molar-refractivity contribution < 1.29 is 19.8 Å². The predicted octanol–water partition coefficient (Wildman–Crippen LogP) is 1.53. The second-order valence-corrected chi connectivity index (χ2v) is 6.64. The average molecular weight is 298 g/mol. The van der Waals surface area contributed by atoms with Crippen LogP contribution < -0.4 is 0 Å². The molecule has 1 aliphatic carbocycles. The third-order valence-corrected chi connectivity index (χ3v) is 4.87. The number of urea groups is 1. The number of carboxylic acid groups (broad SMARTS) is 1. The molecule has 2 amide bonds. The van der Waals surface area contributed by atoms with E-state index in [1.807, 2.05) is 13.8 Å². The van der Waals surface area contributed by atoms with Gasteiger partial charge in [-0.2, -0.15) is 0 Å². The molecule has 2 N–H and O–H groups in total. The molecule has 21 heavy (non-hydrogen) atoms. The summed E-state index contributed by atoms with van der Waals surface area (Å²) in [7, 11) is 0. The molecule has 2 fully saturated rings. The van der Waals surface area contributed by atoms with Crippen LogP contribution in [-0.2, 0) is 4.79 Å². The van der Waals surface area contributed by atoms with Crippen molar-refractivity contribution in [3.63, 3.8) is 0 Å². The number of aliphatic carboxylic acids is 1. The van der Waals surface area contributed by atoms with Gasteiger partial charge < -0.3 is 20.0 Å². The first-order valence-electron chi connectivity index (χ1n) is 7.83. The molecule has 0 aromatic carbocycles. The zero-order chi connectivity index (χ0) is 15.6. The Labute approximate surface area is 125 Å². The average Bonchev–Trinajstić information content (AvgIpc) is 2.42. The number of likely N-dealkylation sites (tertiary alicyclic amines) is 1. The fourth-order valence-corrected chi connectivity index (χ4v) is 3.54. The van der Waals surface area contributed by atoms with Gasteiger partial charge in [-0.25, -0.2) is 4.79 Å². The monoisotopic (exact) mass is 298 g/mol. The van der Waals surface area contributed by atoms with Gasteiger partial charge in [0.15, 0.2) is 0 Å². The summed E-state index contributed by atoms with van der Waals surface area (Å²) < 4.78 is 0. The van der Waals surface area contributed by atoms with E-state index < -0.39 is 11.6 Å². The molecule has 120 valence electrons. The molecule has 0 aromatic heterocycles. The molecule has 2 aliphatic rings. The van der Waals surface area contributed by atoms with E-state index >= 15 is 0 Å². The summed E-state index contributed by atoms with van der Waals surface area (Å²) >= 11 is 0. The number of carboxylic acids is 1. The van der Waals surface area contributed by atoms with Crippen LogP contribution in [0.2, 0.25) is 0 Å². The predicted molar refractivity (Wildman–Crippen MR) is 78.0 cm³/mol. The van der Waals surface area contributed by atoms with Crippen molar-refractivity contribution in [2.45, 2.75) is 57.6 Å². The van der Waals surface area contributed by atoms with Gasteiger partial charge in [0.2, 0.25) is 0 Å². The van der Waals surface area contributed by atoms with E-state index in [2.05, 4.69) is 0 Å². The van der Waals surface area contributed by atoms with Crippen LogP contribution in [0.5, 0.6) is 0 Å². The van der Waals surface area contributed by atoms with Crippen molar-refractivity contribution in [2.24, 2.45) is 5.92 Å². The quantitative estimate of drug-likeness (QED) is 0.828. The van der Waals surface area contributed by atoms with Crippen molar-refractivity contribution in [1.82, 2.24) is 9.80 Å². The van der Waals surface area contributed by atoms with Crippen molar-refractivity contribution in [3.05, 3.63) is 0 Å². The van der Waals surface area contributed by atoms with Crippen LogP contribution in [0, 0.1) is 5.92 Å². The van der Waals surface area contributed by atoms with Gasteiger partial charge in [-0.3, -0.25) is 4.79 Å². The number of piperidine rings is 1. The lowest BCUT2D eigenvalue weighted by atomic mass is 9.71. The molecule has 0 spiro atoms. The Balaban J connectivity index is 2.04. The zero-order valence-electron chi connectivity index (χ0n) is 12.9. The van der Waals surface area contributed by atoms with E-state index in [0.29, 0.717) is 19.5 Å². The van der Waals surface area contributed by atoms with Crippen molar-refractivity contribution in [2.75, 3.05) is 19.6 Å². The minimum Gasteiger partial charge on any atom is -0.480 e. The fraction of sp³-hybridized carbons (Fsp3) is 0.867. The number of carbonyl (C=O) groups is 2. The first-order chi connectivity index (χ1) is 9.83. The van der Waals surface area contributed by atoms with Gasteiger partial charge in [-0.05, 0) is 33.1 Å². The summed E-state index contributed by atoms with van der Waals surface area (Å²) in [5.74, 6) is -0.869. The Morgan fingerprint density at radius 3 is 2.67 bits per heavy atom. The van der Waals surface area contributed by atoms with Crippen LogP contribution in [0.4, 0.5) is 4.79 Å². The van der Waals surface area contributed by atoms with Gasteiger partial charge in [0.05, 0.1) is 5.60 Å². The van der Waals surface area contributed by atoms with E-state index in [9.17, 15) is 14.7 Å². The molecule has 1 aliphatic heterocycles. The second-order valence-electron chi connectivity index (χ2n) is 6.64. The summed E-state index contributed by atoms with van der Waals surface area (Å²) in [6.45, 7) is 4.41. The largest absolute Gasteiger partial charge is 0.480 e. The highest BCUT2D eigenvalue weighted by Gasteiger charge is 2.44. The van der Waals surface area contributed by atoms with E-state index in [1.165, 1.54) is 4.90 Å². The molecule has 2 rings (SSSR count). The third kappa shape index (κ3) is 3.48. The Morgan fingerprint density at radius 1 is 1.33 bits per heavy atom. The maximum atomic E-state index is 12.6. The molecular formula is C15H26N2O4. The third-order valence-electron chi connectivity index (χ3n) is 4.87. The highest BCUT2D eigenvalue weighted by Crippen LogP contribution is 2.39. The summed E-state index contributed by atoms with van der Waals surface area (Å²) in [5, 5.41) is 19.6. The first-order valence-corrected chi connectivity index (χ1v) is 7.83.